The van der Waals surface area contributed by atoms with E-state index in [1.807, 2.05) is 30.1 Å². The van der Waals surface area contributed by atoms with E-state index in [4.69, 9.17) is 19.4 Å². The minimum atomic E-state index is -0.210. The summed E-state index contributed by atoms with van der Waals surface area (Å²) >= 11 is 1.41. The highest BCUT2D eigenvalue weighted by Crippen LogP contribution is 2.29. The molecular weight excluding hydrogens is 418 g/mol. The Kier molecular flexibility index (Phi) is 5.12. The maximum Gasteiger partial charge on any atom is 0.270 e. The number of rotatable bonds is 6. The molecule has 1 atom stereocenters. The van der Waals surface area contributed by atoms with Gasteiger partial charge in [0.05, 0.1) is 37.0 Å². The molecule has 1 aliphatic heterocycles. The predicted octanol–water partition coefficient (Wildman–Crippen LogP) is 1.73. The van der Waals surface area contributed by atoms with Gasteiger partial charge in [0.2, 0.25) is 5.88 Å². The van der Waals surface area contributed by atoms with E-state index in [1.165, 1.54) is 11.3 Å². The number of nitrogens with zero attached hydrogens (tertiary/aromatic N) is 6. The van der Waals surface area contributed by atoms with Gasteiger partial charge >= 0.3 is 0 Å². The molecule has 10 nitrogen and oxygen atoms in total. The Hall–Kier alpha value is -3.31. The van der Waals surface area contributed by atoms with Crippen LogP contribution in [-0.2, 0) is 18.2 Å². The first kappa shape index (κ1) is 19.6. The highest BCUT2D eigenvalue weighted by Gasteiger charge is 2.23. The van der Waals surface area contributed by atoms with Crippen LogP contribution in [0, 0.1) is 0 Å². The second kappa shape index (κ2) is 8.08. The van der Waals surface area contributed by atoms with Gasteiger partial charge in [-0.15, -0.1) is 11.3 Å². The summed E-state index contributed by atoms with van der Waals surface area (Å²) < 4.78 is 15.4. The van der Waals surface area contributed by atoms with Gasteiger partial charge in [-0.2, -0.15) is 10.1 Å². The Morgan fingerprint density at radius 1 is 1.39 bits per heavy atom. The molecule has 4 aromatic rings. The highest BCUT2D eigenvalue weighted by molar-refractivity contribution is 7.09. The van der Waals surface area contributed by atoms with E-state index in [1.54, 1.807) is 23.3 Å². The lowest BCUT2D eigenvalue weighted by Gasteiger charge is -2.14. The van der Waals surface area contributed by atoms with E-state index >= 15 is 0 Å². The van der Waals surface area contributed by atoms with Crippen molar-refractivity contribution in [1.82, 2.24) is 34.6 Å². The van der Waals surface area contributed by atoms with Crippen molar-refractivity contribution in [3.63, 3.8) is 0 Å². The molecule has 5 rings (SSSR count). The normalized spacial score (nSPS) is 16.1. The van der Waals surface area contributed by atoms with Gasteiger partial charge in [0.25, 0.3) is 5.91 Å². The van der Waals surface area contributed by atoms with Crippen LogP contribution in [0.5, 0.6) is 5.88 Å². The number of fused-ring (bicyclic) bond motifs is 1. The average molecular weight is 440 g/mol. The summed E-state index contributed by atoms with van der Waals surface area (Å²) in [5.41, 5.74) is 2.85. The Labute approximate surface area is 181 Å². The molecule has 0 aromatic carbocycles. The molecular formula is C20H21N7O3S. The average Bonchev–Trinajstić information content (AvgIpc) is 3.54. The number of carbonyl (C=O) groups excluding carboxylic acids is 1. The predicted molar refractivity (Wildman–Crippen MR) is 114 cm³/mol. The van der Waals surface area contributed by atoms with E-state index in [2.05, 4.69) is 15.4 Å². The van der Waals surface area contributed by atoms with Crippen molar-refractivity contribution in [2.75, 3.05) is 20.3 Å². The second-order valence-electron chi connectivity index (χ2n) is 7.22. The first-order valence-corrected chi connectivity index (χ1v) is 10.8. The monoisotopic (exact) mass is 439 g/mol. The van der Waals surface area contributed by atoms with Crippen molar-refractivity contribution < 1.29 is 14.3 Å². The second-order valence-corrected chi connectivity index (χ2v) is 8.17. The van der Waals surface area contributed by atoms with Crippen LogP contribution in [0.3, 0.4) is 0 Å². The molecule has 1 saturated heterocycles. The molecule has 1 N–H and O–H groups in total. The van der Waals surface area contributed by atoms with Crippen molar-refractivity contribution in [3.05, 3.63) is 46.6 Å². The molecule has 31 heavy (non-hydrogen) atoms. The first-order chi connectivity index (χ1) is 15.1. The third-order valence-corrected chi connectivity index (χ3v) is 5.85. The number of hydrogen-bond acceptors (Lipinski definition) is 8. The molecule has 5 heterocycles. The summed E-state index contributed by atoms with van der Waals surface area (Å²) in [6.45, 7) is 1.22. The number of nitrogens with one attached hydrogen (secondary N) is 1. The maximum atomic E-state index is 11.8. The van der Waals surface area contributed by atoms with Gasteiger partial charge in [0.1, 0.15) is 28.1 Å². The molecule has 1 fully saturated rings. The summed E-state index contributed by atoms with van der Waals surface area (Å²) in [7, 11) is 3.46. The van der Waals surface area contributed by atoms with E-state index in [9.17, 15) is 4.79 Å². The Morgan fingerprint density at radius 2 is 2.29 bits per heavy atom. The number of thiazole rings is 1. The molecule has 0 saturated carbocycles. The van der Waals surface area contributed by atoms with Crippen molar-refractivity contribution in [2.45, 2.75) is 18.9 Å². The molecule has 4 aromatic heterocycles. The number of carbonyl (C=O) groups is 1. The topological polar surface area (TPSA) is 109 Å². The number of aryl methyl sites for hydroxylation is 1. The third kappa shape index (κ3) is 3.89. The van der Waals surface area contributed by atoms with Crippen LogP contribution < -0.4 is 10.1 Å². The van der Waals surface area contributed by atoms with E-state index in [0.717, 1.165) is 28.1 Å². The molecule has 0 aliphatic carbocycles. The molecule has 0 unspecified atom stereocenters. The van der Waals surface area contributed by atoms with Crippen LogP contribution in [-0.4, -0.2) is 61.6 Å². The van der Waals surface area contributed by atoms with Crippen molar-refractivity contribution in [1.29, 1.82) is 0 Å². The fourth-order valence-electron chi connectivity index (χ4n) is 3.49. The lowest BCUT2D eigenvalue weighted by Crippen LogP contribution is -2.18. The van der Waals surface area contributed by atoms with Gasteiger partial charge in [-0.05, 0) is 6.07 Å². The van der Waals surface area contributed by atoms with Crippen LogP contribution >= 0.6 is 11.3 Å². The minimum absolute atomic E-state index is 0.0529. The van der Waals surface area contributed by atoms with Crippen molar-refractivity contribution >= 4 is 28.3 Å². The van der Waals surface area contributed by atoms with Crippen molar-refractivity contribution in [2.24, 2.45) is 7.05 Å². The number of amides is 1. The molecule has 1 amide bonds. The number of hydrogen-bond donors (Lipinski definition) is 1. The van der Waals surface area contributed by atoms with Gasteiger partial charge in [0, 0.05) is 38.3 Å². The minimum Gasteiger partial charge on any atom is -0.470 e. The summed E-state index contributed by atoms with van der Waals surface area (Å²) in [6, 6.07) is 1.93. The van der Waals surface area contributed by atoms with E-state index in [0.29, 0.717) is 37.0 Å². The van der Waals surface area contributed by atoms with Crippen LogP contribution in [0.2, 0.25) is 0 Å². The quantitative estimate of drug-likeness (QED) is 0.487. The smallest absolute Gasteiger partial charge is 0.270 e. The van der Waals surface area contributed by atoms with Crippen LogP contribution in [0.1, 0.15) is 27.7 Å². The lowest BCUT2D eigenvalue weighted by atomic mass is 10.3. The Balaban J connectivity index is 1.54. The first-order valence-electron chi connectivity index (χ1n) is 9.88. The molecule has 11 heteroatoms. The van der Waals surface area contributed by atoms with Gasteiger partial charge in [-0.25, -0.2) is 9.97 Å². The SMILES string of the molecule is CNC(=O)c1csc(Cc2nc(O[C@H]3CCOC3)c3c(ccn3-c3cnn(C)c3)n2)n1. The van der Waals surface area contributed by atoms with Crippen molar-refractivity contribution in [3.8, 4) is 11.6 Å². The molecule has 0 radical (unpaired) electrons. The highest BCUT2D eigenvalue weighted by atomic mass is 32.1. The third-order valence-electron chi connectivity index (χ3n) is 5.00. The summed E-state index contributed by atoms with van der Waals surface area (Å²) in [6.07, 6.45) is 6.81. The van der Waals surface area contributed by atoms with Gasteiger partial charge in [-0.1, -0.05) is 0 Å². The summed E-state index contributed by atoms with van der Waals surface area (Å²) in [5, 5.41) is 9.35. The van der Waals surface area contributed by atoms with Gasteiger partial charge in [-0.3, -0.25) is 9.48 Å². The van der Waals surface area contributed by atoms with E-state index in [-0.39, 0.29) is 12.0 Å². The molecule has 0 bridgehead atoms. The maximum absolute atomic E-state index is 11.8. The number of ether oxygens (including phenoxy) is 2. The largest absolute Gasteiger partial charge is 0.470 e. The number of aromatic nitrogens is 6. The Morgan fingerprint density at radius 3 is 3.03 bits per heavy atom. The zero-order valence-corrected chi connectivity index (χ0v) is 17.9. The summed E-state index contributed by atoms with van der Waals surface area (Å²) in [5.74, 6) is 0.883. The fraction of sp³-hybridized carbons (Fsp3) is 0.350. The lowest BCUT2D eigenvalue weighted by molar-refractivity contribution is 0.0958. The molecule has 160 valence electrons. The van der Waals surface area contributed by atoms with Crippen LogP contribution in [0.4, 0.5) is 0 Å². The van der Waals surface area contributed by atoms with Crippen LogP contribution in [0.25, 0.3) is 16.7 Å². The van der Waals surface area contributed by atoms with E-state index < -0.39 is 0 Å². The molecule has 1 aliphatic rings. The zero-order chi connectivity index (χ0) is 21.4. The van der Waals surface area contributed by atoms with Gasteiger partial charge in [0.15, 0.2) is 0 Å². The Bertz CT molecular complexity index is 1240. The van der Waals surface area contributed by atoms with Gasteiger partial charge < -0.3 is 19.4 Å². The zero-order valence-electron chi connectivity index (χ0n) is 17.1. The molecule has 0 spiro atoms. The fourth-order valence-corrected chi connectivity index (χ4v) is 4.26. The van der Waals surface area contributed by atoms with Crippen LogP contribution in [0.15, 0.2) is 30.0 Å². The standard InChI is InChI=1S/C20H21N7O3S/c1-21-19(28)15-11-31-17(24-15)7-16-23-14-3-5-27(12-8-22-26(2)9-12)18(14)20(25-16)30-13-4-6-29-10-13/h3,5,8-9,11,13H,4,6-7,10H2,1-2H3,(H,21,28)/t13-/m0/s1. The summed E-state index contributed by atoms with van der Waals surface area (Å²) in [4.78, 5) is 25.7.